The van der Waals surface area contributed by atoms with Crippen LogP contribution in [0.1, 0.15) is 45.6 Å². The minimum absolute atomic E-state index is 0.331. The molecule has 0 aliphatic carbocycles. The number of hydrogen-bond donors (Lipinski definition) is 3. The predicted molar refractivity (Wildman–Crippen MR) is 105 cm³/mol. The van der Waals surface area contributed by atoms with Gasteiger partial charge in [0.05, 0.1) is 12.0 Å². The Morgan fingerprint density at radius 3 is 2.58 bits per heavy atom. The predicted octanol–water partition coefficient (Wildman–Crippen LogP) is 2.77. The van der Waals surface area contributed by atoms with Gasteiger partial charge < -0.3 is 25.3 Å². The van der Waals surface area contributed by atoms with Crippen molar-refractivity contribution in [2.75, 3.05) is 36.9 Å². The average Bonchev–Trinajstić information content (AvgIpc) is 3.08. The van der Waals surface area contributed by atoms with Gasteiger partial charge in [0.15, 0.2) is 5.65 Å². The van der Waals surface area contributed by atoms with E-state index < -0.39 is 0 Å². The quantitative estimate of drug-likeness (QED) is 0.763. The number of anilines is 2. The summed E-state index contributed by atoms with van der Waals surface area (Å²) in [5.41, 5.74) is 3.01. The Morgan fingerprint density at radius 1 is 1.12 bits per heavy atom. The molecule has 0 unspecified atom stereocenters. The van der Waals surface area contributed by atoms with Gasteiger partial charge in [0.25, 0.3) is 0 Å². The van der Waals surface area contributed by atoms with E-state index >= 15 is 0 Å². The molecule has 0 saturated carbocycles. The molecule has 0 radical (unpaired) electrons. The zero-order valence-electron chi connectivity index (χ0n) is 15.8. The second-order valence-corrected chi connectivity index (χ2v) is 7.67. The summed E-state index contributed by atoms with van der Waals surface area (Å²) in [7, 11) is 0. The van der Waals surface area contributed by atoms with Crippen LogP contribution >= 0.6 is 0 Å². The van der Waals surface area contributed by atoms with Crippen LogP contribution in [0.5, 0.6) is 0 Å². The lowest BCUT2D eigenvalue weighted by Gasteiger charge is -2.26. The molecule has 2 aliphatic rings. The van der Waals surface area contributed by atoms with E-state index in [9.17, 15) is 0 Å². The van der Waals surface area contributed by atoms with E-state index in [1.807, 2.05) is 6.33 Å². The van der Waals surface area contributed by atoms with Crippen LogP contribution in [0.2, 0.25) is 0 Å². The van der Waals surface area contributed by atoms with Gasteiger partial charge in [-0.05, 0) is 52.6 Å². The van der Waals surface area contributed by atoms with Crippen molar-refractivity contribution in [2.45, 2.75) is 57.7 Å². The topological polar surface area (TPSA) is 76.0 Å². The molecule has 26 heavy (non-hydrogen) atoms. The molecule has 0 aromatic carbocycles. The van der Waals surface area contributed by atoms with Crippen LogP contribution in [0.25, 0.3) is 11.2 Å². The SMILES string of the molecule is CC(C)n1cnc2c(NC3CCNCC3)cc(NC3CCOCC3)nc21. The van der Waals surface area contributed by atoms with Gasteiger partial charge in [-0.2, -0.15) is 0 Å². The van der Waals surface area contributed by atoms with Gasteiger partial charge in [-0.3, -0.25) is 0 Å². The number of hydrogen-bond acceptors (Lipinski definition) is 6. The lowest BCUT2D eigenvalue weighted by atomic mass is 10.1. The van der Waals surface area contributed by atoms with Gasteiger partial charge in [-0.15, -0.1) is 0 Å². The van der Waals surface area contributed by atoms with Crippen molar-refractivity contribution in [2.24, 2.45) is 0 Å². The smallest absolute Gasteiger partial charge is 0.164 e. The molecule has 0 amide bonds. The third-order valence-corrected chi connectivity index (χ3v) is 5.36. The van der Waals surface area contributed by atoms with Crippen molar-refractivity contribution in [3.8, 4) is 0 Å². The summed E-state index contributed by atoms with van der Waals surface area (Å²) in [5, 5.41) is 10.8. The summed E-state index contributed by atoms with van der Waals surface area (Å²) in [6.45, 7) is 8.12. The molecule has 2 aliphatic heterocycles. The van der Waals surface area contributed by atoms with Crippen LogP contribution < -0.4 is 16.0 Å². The first-order valence-electron chi connectivity index (χ1n) is 9.90. The molecule has 0 bridgehead atoms. The summed E-state index contributed by atoms with van der Waals surface area (Å²) < 4.78 is 7.63. The second-order valence-electron chi connectivity index (χ2n) is 7.67. The van der Waals surface area contributed by atoms with E-state index in [0.717, 1.165) is 74.7 Å². The first kappa shape index (κ1) is 17.5. The third kappa shape index (κ3) is 3.78. The van der Waals surface area contributed by atoms with E-state index in [4.69, 9.17) is 9.72 Å². The number of pyridine rings is 1. The van der Waals surface area contributed by atoms with Crippen molar-refractivity contribution in [1.82, 2.24) is 19.9 Å². The molecule has 4 heterocycles. The Labute approximate surface area is 154 Å². The Kier molecular flexibility index (Phi) is 5.26. The van der Waals surface area contributed by atoms with Crippen molar-refractivity contribution in [1.29, 1.82) is 0 Å². The molecule has 0 spiro atoms. The fourth-order valence-corrected chi connectivity index (χ4v) is 3.81. The molecule has 2 saturated heterocycles. The third-order valence-electron chi connectivity index (χ3n) is 5.36. The second kappa shape index (κ2) is 7.80. The van der Waals surface area contributed by atoms with Gasteiger partial charge in [0.2, 0.25) is 0 Å². The molecule has 0 atom stereocenters. The maximum absolute atomic E-state index is 5.48. The first-order chi connectivity index (χ1) is 12.7. The largest absolute Gasteiger partial charge is 0.381 e. The number of nitrogens with zero attached hydrogens (tertiary/aromatic N) is 3. The van der Waals surface area contributed by atoms with Crippen molar-refractivity contribution in [3.63, 3.8) is 0 Å². The Morgan fingerprint density at radius 2 is 1.85 bits per heavy atom. The molecule has 7 heteroatoms. The van der Waals surface area contributed by atoms with E-state index in [0.29, 0.717) is 18.1 Å². The van der Waals surface area contributed by atoms with E-state index in [2.05, 4.69) is 45.4 Å². The molecule has 2 fully saturated rings. The molecule has 4 rings (SSSR count). The van der Waals surface area contributed by atoms with Crippen molar-refractivity contribution in [3.05, 3.63) is 12.4 Å². The lowest BCUT2D eigenvalue weighted by Crippen LogP contribution is -2.35. The monoisotopic (exact) mass is 358 g/mol. The Bertz CT molecular complexity index is 731. The number of piperidine rings is 1. The number of rotatable bonds is 5. The van der Waals surface area contributed by atoms with Gasteiger partial charge in [0, 0.05) is 37.4 Å². The fraction of sp³-hybridized carbons (Fsp3) is 0.684. The van der Waals surface area contributed by atoms with Crippen LogP contribution in [0.15, 0.2) is 12.4 Å². The highest BCUT2D eigenvalue weighted by Gasteiger charge is 2.20. The summed E-state index contributed by atoms with van der Waals surface area (Å²) in [4.78, 5) is 9.57. The highest BCUT2D eigenvalue weighted by Crippen LogP contribution is 2.28. The summed E-state index contributed by atoms with van der Waals surface area (Å²) in [6.07, 6.45) is 6.24. The summed E-state index contributed by atoms with van der Waals surface area (Å²) in [5.74, 6) is 0.934. The molecular weight excluding hydrogens is 328 g/mol. The van der Waals surface area contributed by atoms with Crippen LogP contribution in [-0.2, 0) is 4.74 Å². The maximum atomic E-state index is 5.48. The highest BCUT2D eigenvalue weighted by atomic mass is 16.5. The van der Waals surface area contributed by atoms with Gasteiger partial charge in [-0.25, -0.2) is 9.97 Å². The number of fused-ring (bicyclic) bond motifs is 1. The van der Waals surface area contributed by atoms with Gasteiger partial charge in [0.1, 0.15) is 11.3 Å². The van der Waals surface area contributed by atoms with Crippen molar-refractivity contribution < 1.29 is 4.74 Å². The average molecular weight is 358 g/mol. The van der Waals surface area contributed by atoms with Crippen LogP contribution in [0, 0.1) is 0 Å². The Hall–Kier alpha value is -1.86. The van der Waals surface area contributed by atoms with E-state index in [-0.39, 0.29) is 0 Å². The molecule has 2 aromatic heterocycles. The van der Waals surface area contributed by atoms with Crippen LogP contribution in [0.3, 0.4) is 0 Å². The van der Waals surface area contributed by atoms with Gasteiger partial charge >= 0.3 is 0 Å². The number of ether oxygens (including phenoxy) is 1. The van der Waals surface area contributed by atoms with E-state index in [1.54, 1.807) is 0 Å². The minimum atomic E-state index is 0.331. The zero-order valence-corrected chi connectivity index (χ0v) is 15.8. The van der Waals surface area contributed by atoms with Crippen LogP contribution in [-0.4, -0.2) is 52.9 Å². The fourth-order valence-electron chi connectivity index (χ4n) is 3.81. The van der Waals surface area contributed by atoms with E-state index in [1.165, 1.54) is 0 Å². The lowest BCUT2D eigenvalue weighted by molar-refractivity contribution is 0.0904. The first-order valence-corrected chi connectivity index (χ1v) is 9.90. The summed E-state index contributed by atoms with van der Waals surface area (Å²) >= 11 is 0. The van der Waals surface area contributed by atoms with Crippen LogP contribution in [0.4, 0.5) is 11.5 Å². The standard InChI is InChI=1S/C19H30N6O/c1-13(2)25-12-21-18-16(22-14-3-7-20-8-4-14)11-17(24-19(18)25)23-15-5-9-26-10-6-15/h11-15,20H,3-10H2,1-2H3,(H2,22,23,24). The number of imidazole rings is 1. The molecule has 7 nitrogen and oxygen atoms in total. The molecule has 3 N–H and O–H groups in total. The molecule has 142 valence electrons. The number of aromatic nitrogens is 3. The number of nitrogens with one attached hydrogen (secondary N) is 3. The Balaban J connectivity index is 1.65. The summed E-state index contributed by atoms with van der Waals surface area (Å²) in [6, 6.07) is 3.38. The molecule has 2 aromatic rings. The van der Waals surface area contributed by atoms with Gasteiger partial charge in [-0.1, -0.05) is 0 Å². The maximum Gasteiger partial charge on any atom is 0.164 e. The minimum Gasteiger partial charge on any atom is -0.381 e. The zero-order chi connectivity index (χ0) is 17.9. The highest BCUT2D eigenvalue weighted by molar-refractivity contribution is 5.88. The van der Waals surface area contributed by atoms with Crippen molar-refractivity contribution >= 4 is 22.7 Å². The normalized spacial score (nSPS) is 20.0. The molecular formula is C19H30N6O.